The molecule has 0 spiro atoms. The number of rotatable bonds is 2. The third-order valence-corrected chi connectivity index (χ3v) is 1.45. The van der Waals surface area contributed by atoms with Crippen molar-refractivity contribution >= 4 is 17.6 Å². The molecule has 0 atom stereocenters. The van der Waals surface area contributed by atoms with Gasteiger partial charge in [0.15, 0.2) is 0 Å². The lowest BCUT2D eigenvalue weighted by molar-refractivity contribution is 0.907. The minimum atomic E-state index is 0.463. The van der Waals surface area contributed by atoms with Crippen molar-refractivity contribution in [1.29, 1.82) is 0 Å². The predicted molar refractivity (Wildman–Crippen MR) is 53.8 cm³/mol. The lowest BCUT2D eigenvalue weighted by Crippen LogP contribution is -1.88. The standard InChI is InChI=1S/C10H14N2/c1-8(2)7-12-10-6-4-3-5-9(10)11/h3-8H,11H2,1-2H3/b12-7+. The van der Waals surface area contributed by atoms with Gasteiger partial charge in [-0.1, -0.05) is 26.0 Å². The second kappa shape index (κ2) is 3.90. The van der Waals surface area contributed by atoms with Gasteiger partial charge in [0.2, 0.25) is 0 Å². The van der Waals surface area contributed by atoms with Crippen LogP contribution in [0.4, 0.5) is 11.4 Å². The van der Waals surface area contributed by atoms with Crippen molar-refractivity contribution in [2.75, 3.05) is 5.73 Å². The van der Waals surface area contributed by atoms with Crippen LogP contribution in [0.2, 0.25) is 0 Å². The van der Waals surface area contributed by atoms with Crippen molar-refractivity contribution in [1.82, 2.24) is 0 Å². The monoisotopic (exact) mass is 162 g/mol. The molecule has 0 aromatic heterocycles. The van der Waals surface area contributed by atoms with Gasteiger partial charge in [0.1, 0.15) is 0 Å². The van der Waals surface area contributed by atoms with Crippen molar-refractivity contribution in [3.63, 3.8) is 0 Å². The Kier molecular flexibility index (Phi) is 2.86. The Labute approximate surface area is 73.1 Å². The van der Waals surface area contributed by atoms with Gasteiger partial charge in [-0.15, -0.1) is 0 Å². The van der Waals surface area contributed by atoms with Crippen LogP contribution in [0.1, 0.15) is 13.8 Å². The number of nitrogen functional groups attached to an aromatic ring is 1. The van der Waals surface area contributed by atoms with Crippen LogP contribution in [0.15, 0.2) is 29.3 Å². The van der Waals surface area contributed by atoms with Crippen molar-refractivity contribution in [3.8, 4) is 0 Å². The van der Waals surface area contributed by atoms with Crippen LogP contribution in [0.3, 0.4) is 0 Å². The zero-order valence-corrected chi connectivity index (χ0v) is 7.49. The summed E-state index contributed by atoms with van der Waals surface area (Å²) in [5.41, 5.74) is 7.28. The highest BCUT2D eigenvalue weighted by molar-refractivity contribution is 5.71. The van der Waals surface area contributed by atoms with E-state index in [0.717, 1.165) is 11.4 Å². The van der Waals surface area contributed by atoms with Crippen molar-refractivity contribution in [2.45, 2.75) is 13.8 Å². The molecule has 0 fully saturated rings. The van der Waals surface area contributed by atoms with E-state index < -0.39 is 0 Å². The Morgan fingerprint density at radius 1 is 1.33 bits per heavy atom. The van der Waals surface area contributed by atoms with Gasteiger partial charge in [-0.3, -0.25) is 4.99 Å². The molecule has 2 heteroatoms. The number of benzene rings is 1. The SMILES string of the molecule is CC(C)/C=N/c1ccccc1N. The third kappa shape index (κ3) is 2.38. The molecule has 1 rings (SSSR count). The summed E-state index contributed by atoms with van der Waals surface area (Å²) >= 11 is 0. The average Bonchev–Trinajstić information content (AvgIpc) is 2.03. The summed E-state index contributed by atoms with van der Waals surface area (Å²) in [6, 6.07) is 7.61. The van der Waals surface area contributed by atoms with E-state index in [-0.39, 0.29) is 0 Å². The molecule has 0 unspecified atom stereocenters. The Balaban J connectivity index is 2.82. The molecule has 2 N–H and O–H groups in total. The molecule has 0 saturated heterocycles. The van der Waals surface area contributed by atoms with Crippen LogP contribution in [0.25, 0.3) is 0 Å². The van der Waals surface area contributed by atoms with Crippen LogP contribution >= 0.6 is 0 Å². The number of hydrogen-bond donors (Lipinski definition) is 1. The summed E-state index contributed by atoms with van der Waals surface area (Å²) in [6.07, 6.45) is 1.89. The lowest BCUT2D eigenvalue weighted by Gasteiger charge is -1.98. The summed E-state index contributed by atoms with van der Waals surface area (Å²) < 4.78 is 0. The van der Waals surface area contributed by atoms with Crippen molar-refractivity contribution in [2.24, 2.45) is 10.9 Å². The summed E-state index contributed by atoms with van der Waals surface area (Å²) in [4.78, 5) is 4.26. The molecule has 0 aliphatic carbocycles. The van der Waals surface area contributed by atoms with E-state index in [9.17, 15) is 0 Å². The molecular formula is C10H14N2. The van der Waals surface area contributed by atoms with Gasteiger partial charge in [0.25, 0.3) is 0 Å². The van der Waals surface area contributed by atoms with Crippen molar-refractivity contribution < 1.29 is 0 Å². The molecular weight excluding hydrogens is 148 g/mol. The van der Waals surface area contributed by atoms with E-state index in [0.29, 0.717) is 5.92 Å². The number of nitrogens with two attached hydrogens (primary N) is 1. The Morgan fingerprint density at radius 2 is 2.00 bits per heavy atom. The maximum absolute atomic E-state index is 5.69. The molecule has 1 aromatic carbocycles. The van der Waals surface area contributed by atoms with Gasteiger partial charge in [-0.2, -0.15) is 0 Å². The van der Waals surface area contributed by atoms with E-state index in [4.69, 9.17) is 5.73 Å². The van der Waals surface area contributed by atoms with Crippen molar-refractivity contribution in [3.05, 3.63) is 24.3 Å². The van der Waals surface area contributed by atoms with E-state index in [2.05, 4.69) is 18.8 Å². The maximum atomic E-state index is 5.69. The zero-order valence-electron chi connectivity index (χ0n) is 7.49. The highest BCUT2D eigenvalue weighted by Crippen LogP contribution is 2.19. The maximum Gasteiger partial charge on any atom is 0.0855 e. The number of para-hydroxylation sites is 2. The highest BCUT2D eigenvalue weighted by atomic mass is 14.8. The average molecular weight is 162 g/mol. The van der Waals surface area contributed by atoms with Crippen LogP contribution in [0.5, 0.6) is 0 Å². The second-order valence-electron chi connectivity index (χ2n) is 3.08. The molecule has 0 amide bonds. The number of anilines is 1. The van der Waals surface area contributed by atoms with Gasteiger partial charge >= 0.3 is 0 Å². The van der Waals surface area contributed by atoms with E-state index in [1.54, 1.807) is 0 Å². The van der Waals surface area contributed by atoms with Crippen LogP contribution in [-0.4, -0.2) is 6.21 Å². The minimum Gasteiger partial charge on any atom is -0.397 e. The van der Waals surface area contributed by atoms with Gasteiger partial charge in [0, 0.05) is 6.21 Å². The molecule has 0 heterocycles. The fourth-order valence-corrected chi connectivity index (χ4v) is 0.834. The normalized spacial score (nSPS) is 11.2. The molecule has 12 heavy (non-hydrogen) atoms. The van der Waals surface area contributed by atoms with Crippen LogP contribution in [0, 0.1) is 5.92 Å². The Bertz CT molecular complexity index is 277. The van der Waals surface area contributed by atoms with E-state index in [1.807, 2.05) is 30.5 Å². The second-order valence-corrected chi connectivity index (χ2v) is 3.08. The fraction of sp³-hybridized carbons (Fsp3) is 0.300. The molecule has 0 saturated carbocycles. The quantitative estimate of drug-likeness (QED) is 0.527. The van der Waals surface area contributed by atoms with Gasteiger partial charge < -0.3 is 5.73 Å². The number of nitrogens with zero attached hydrogens (tertiary/aromatic N) is 1. The zero-order chi connectivity index (χ0) is 8.97. The number of aliphatic imine (C=N–C) groups is 1. The Hall–Kier alpha value is -1.31. The largest absolute Gasteiger partial charge is 0.397 e. The molecule has 0 aliphatic rings. The lowest BCUT2D eigenvalue weighted by atomic mass is 10.2. The van der Waals surface area contributed by atoms with E-state index in [1.165, 1.54) is 0 Å². The summed E-state index contributed by atoms with van der Waals surface area (Å²) in [5.74, 6) is 0.463. The molecule has 0 aliphatic heterocycles. The third-order valence-electron chi connectivity index (χ3n) is 1.45. The first-order chi connectivity index (χ1) is 5.70. The van der Waals surface area contributed by atoms with Crippen LogP contribution in [-0.2, 0) is 0 Å². The first-order valence-electron chi connectivity index (χ1n) is 4.09. The Morgan fingerprint density at radius 3 is 2.58 bits per heavy atom. The molecule has 1 aromatic rings. The molecule has 2 nitrogen and oxygen atoms in total. The molecule has 64 valence electrons. The first kappa shape index (κ1) is 8.78. The van der Waals surface area contributed by atoms with Gasteiger partial charge in [-0.25, -0.2) is 0 Å². The first-order valence-corrected chi connectivity index (χ1v) is 4.09. The van der Waals surface area contributed by atoms with E-state index >= 15 is 0 Å². The summed E-state index contributed by atoms with van der Waals surface area (Å²) in [5, 5.41) is 0. The number of hydrogen-bond acceptors (Lipinski definition) is 2. The fourth-order valence-electron chi connectivity index (χ4n) is 0.834. The highest BCUT2D eigenvalue weighted by Gasteiger charge is 1.92. The molecule has 0 bridgehead atoms. The summed E-state index contributed by atoms with van der Waals surface area (Å²) in [7, 11) is 0. The predicted octanol–water partition coefficient (Wildman–Crippen LogP) is 2.63. The van der Waals surface area contributed by atoms with Gasteiger partial charge in [-0.05, 0) is 18.1 Å². The smallest absolute Gasteiger partial charge is 0.0855 e. The van der Waals surface area contributed by atoms with Crippen LogP contribution < -0.4 is 5.73 Å². The van der Waals surface area contributed by atoms with Gasteiger partial charge in [0.05, 0.1) is 11.4 Å². The molecule has 0 radical (unpaired) electrons. The summed E-state index contributed by atoms with van der Waals surface area (Å²) in [6.45, 7) is 4.17. The minimum absolute atomic E-state index is 0.463. The topological polar surface area (TPSA) is 38.4 Å².